The van der Waals surface area contributed by atoms with Crippen LogP contribution in [0.5, 0.6) is 0 Å². The van der Waals surface area contributed by atoms with E-state index in [-0.39, 0.29) is 0 Å². The van der Waals surface area contributed by atoms with Gasteiger partial charge in [-0.2, -0.15) is 0 Å². The van der Waals surface area contributed by atoms with Gasteiger partial charge in [-0.15, -0.1) is 11.3 Å². The summed E-state index contributed by atoms with van der Waals surface area (Å²) in [6, 6.07) is 10.7. The number of carbonyl (C=O) groups is 1. The first-order chi connectivity index (χ1) is 8.65. The van der Waals surface area contributed by atoms with Crippen LogP contribution >= 0.6 is 22.9 Å². The summed E-state index contributed by atoms with van der Waals surface area (Å²) in [5.41, 5.74) is 1.11. The Balaban J connectivity index is 1.90. The van der Waals surface area contributed by atoms with E-state index in [1.807, 2.05) is 18.2 Å². The van der Waals surface area contributed by atoms with Crippen LogP contribution in [0, 0.1) is 0 Å². The van der Waals surface area contributed by atoms with Gasteiger partial charge in [0.2, 0.25) is 0 Å². The second kappa shape index (κ2) is 5.89. The van der Waals surface area contributed by atoms with Crippen molar-refractivity contribution < 1.29 is 9.90 Å². The number of hydrogen-bond donors (Lipinski definition) is 2. The molecule has 0 saturated heterocycles. The maximum atomic E-state index is 10.8. The highest BCUT2D eigenvalue weighted by Crippen LogP contribution is 2.21. The van der Waals surface area contributed by atoms with Crippen molar-refractivity contribution in [2.75, 3.05) is 11.9 Å². The van der Waals surface area contributed by atoms with E-state index in [2.05, 4.69) is 5.32 Å². The van der Waals surface area contributed by atoms with Crippen molar-refractivity contribution in [1.29, 1.82) is 0 Å². The highest BCUT2D eigenvalue weighted by molar-refractivity contribution is 7.16. The molecule has 0 amide bonds. The van der Waals surface area contributed by atoms with Gasteiger partial charge in [0.05, 0.1) is 9.90 Å². The average Bonchev–Trinajstić information content (AvgIpc) is 2.75. The highest BCUT2D eigenvalue weighted by Gasteiger charge is 2.03. The van der Waals surface area contributed by atoms with Crippen LogP contribution in [0.2, 0.25) is 4.34 Å². The smallest absolute Gasteiger partial charge is 0.335 e. The molecule has 0 aliphatic heterocycles. The van der Waals surface area contributed by atoms with Crippen LogP contribution in [0.25, 0.3) is 0 Å². The number of benzene rings is 1. The molecule has 1 heterocycles. The molecule has 0 saturated carbocycles. The van der Waals surface area contributed by atoms with Crippen molar-refractivity contribution in [1.82, 2.24) is 0 Å². The molecule has 0 fully saturated rings. The fourth-order valence-electron chi connectivity index (χ4n) is 1.58. The van der Waals surface area contributed by atoms with E-state index < -0.39 is 5.97 Å². The molecule has 0 spiro atoms. The Morgan fingerprint density at radius 3 is 2.83 bits per heavy atom. The number of halogens is 1. The lowest BCUT2D eigenvalue weighted by Gasteiger charge is -2.06. The van der Waals surface area contributed by atoms with Crippen LogP contribution in [-0.2, 0) is 6.42 Å². The minimum atomic E-state index is -0.913. The molecule has 0 aliphatic rings. The van der Waals surface area contributed by atoms with Crippen LogP contribution in [0.1, 0.15) is 15.2 Å². The maximum absolute atomic E-state index is 10.8. The van der Waals surface area contributed by atoms with Crippen LogP contribution in [0.3, 0.4) is 0 Å². The summed E-state index contributed by atoms with van der Waals surface area (Å²) < 4.78 is 0.790. The van der Waals surface area contributed by atoms with E-state index >= 15 is 0 Å². The number of anilines is 1. The van der Waals surface area contributed by atoms with E-state index in [1.165, 1.54) is 4.88 Å². The number of carboxylic acids is 1. The van der Waals surface area contributed by atoms with Gasteiger partial charge in [0.25, 0.3) is 0 Å². The van der Waals surface area contributed by atoms with E-state index in [0.29, 0.717) is 5.56 Å². The molecule has 1 aromatic carbocycles. The van der Waals surface area contributed by atoms with Crippen molar-refractivity contribution in [3.8, 4) is 0 Å². The number of carboxylic acid groups (broad SMARTS) is 1. The second-order valence-corrected chi connectivity index (χ2v) is 5.57. The largest absolute Gasteiger partial charge is 0.478 e. The van der Waals surface area contributed by atoms with Crippen LogP contribution in [0.15, 0.2) is 36.4 Å². The minimum absolute atomic E-state index is 0.291. The lowest BCUT2D eigenvalue weighted by atomic mass is 10.2. The fourth-order valence-corrected chi connectivity index (χ4v) is 2.67. The molecule has 0 aliphatic carbocycles. The monoisotopic (exact) mass is 281 g/mol. The Kier molecular flexibility index (Phi) is 4.23. The number of rotatable bonds is 5. The first-order valence-electron chi connectivity index (χ1n) is 5.46. The molecular formula is C13H12ClNO2S. The van der Waals surface area contributed by atoms with E-state index in [1.54, 1.807) is 29.5 Å². The Labute approximate surface area is 114 Å². The molecule has 5 heteroatoms. The highest BCUT2D eigenvalue weighted by atomic mass is 35.5. The van der Waals surface area contributed by atoms with Gasteiger partial charge in [-0.25, -0.2) is 4.79 Å². The summed E-state index contributed by atoms with van der Waals surface area (Å²) >= 11 is 7.41. The van der Waals surface area contributed by atoms with Gasteiger partial charge >= 0.3 is 5.97 Å². The van der Waals surface area contributed by atoms with Crippen molar-refractivity contribution in [3.05, 3.63) is 51.2 Å². The minimum Gasteiger partial charge on any atom is -0.478 e. The Hall–Kier alpha value is -1.52. The molecule has 2 rings (SSSR count). The standard InChI is InChI=1S/C13H12ClNO2S/c14-12-5-4-11(18-12)6-7-15-10-3-1-2-9(8-10)13(16)17/h1-5,8,15H,6-7H2,(H,16,17). The molecule has 1 aromatic heterocycles. The average molecular weight is 282 g/mol. The molecular weight excluding hydrogens is 270 g/mol. The van der Waals surface area contributed by atoms with Gasteiger partial charge in [-0.3, -0.25) is 0 Å². The zero-order valence-electron chi connectivity index (χ0n) is 9.52. The molecule has 18 heavy (non-hydrogen) atoms. The molecule has 2 aromatic rings. The van der Waals surface area contributed by atoms with Crippen LogP contribution < -0.4 is 5.32 Å². The normalized spacial score (nSPS) is 10.3. The molecule has 3 nitrogen and oxygen atoms in total. The summed E-state index contributed by atoms with van der Waals surface area (Å²) in [7, 11) is 0. The number of thiophene rings is 1. The lowest BCUT2D eigenvalue weighted by Crippen LogP contribution is -2.05. The molecule has 2 N–H and O–H groups in total. The number of hydrogen-bond acceptors (Lipinski definition) is 3. The molecule has 0 atom stereocenters. The predicted octanol–water partition coefficient (Wildman–Crippen LogP) is 3.75. The third-order valence-electron chi connectivity index (χ3n) is 2.44. The zero-order valence-corrected chi connectivity index (χ0v) is 11.1. The third kappa shape index (κ3) is 3.48. The fraction of sp³-hybridized carbons (Fsp3) is 0.154. The predicted molar refractivity (Wildman–Crippen MR) is 74.9 cm³/mol. The maximum Gasteiger partial charge on any atom is 0.335 e. The number of nitrogens with one attached hydrogen (secondary N) is 1. The van der Waals surface area contributed by atoms with Crippen LogP contribution in [0.4, 0.5) is 5.69 Å². The van der Waals surface area contributed by atoms with E-state index in [9.17, 15) is 4.79 Å². The molecule has 94 valence electrons. The molecule has 0 bridgehead atoms. The quantitative estimate of drug-likeness (QED) is 0.877. The van der Waals surface area contributed by atoms with Gasteiger partial charge in [0, 0.05) is 17.1 Å². The van der Waals surface area contributed by atoms with Gasteiger partial charge in [0.15, 0.2) is 0 Å². The Bertz CT molecular complexity index is 553. The summed E-state index contributed by atoms with van der Waals surface area (Å²) in [6.07, 6.45) is 0.870. The van der Waals surface area contributed by atoms with Crippen molar-refractivity contribution in [3.63, 3.8) is 0 Å². The van der Waals surface area contributed by atoms with Gasteiger partial charge < -0.3 is 10.4 Å². The summed E-state index contributed by atoms with van der Waals surface area (Å²) in [4.78, 5) is 12.0. The lowest BCUT2D eigenvalue weighted by molar-refractivity contribution is 0.0697. The molecule has 0 radical (unpaired) electrons. The summed E-state index contributed by atoms with van der Waals surface area (Å²) in [5.74, 6) is -0.913. The Morgan fingerprint density at radius 2 is 2.17 bits per heavy atom. The van der Waals surface area contributed by atoms with E-state index in [0.717, 1.165) is 23.0 Å². The van der Waals surface area contributed by atoms with Crippen molar-refractivity contribution in [2.45, 2.75) is 6.42 Å². The van der Waals surface area contributed by atoms with E-state index in [4.69, 9.17) is 16.7 Å². The first kappa shape index (κ1) is 12.9. The summed E-state index contributed by atoms with van der Waals surface area (Å²) in [5, 5.41) is 12.1. The zero-order chi connectivity index (χ0) is 13.0. The second-order valence-electron chi connectivity index (χ2n) is 3.77. The molecule has 0 unspecified atom stereocenters. The number of aromatic carboxylic acids is 1. The van der Waals surface area contributed by atoms with Gasteiger partial charge in [-0.05, 0) is 36.8 Å². The first-order valence-corrected chi connectivity index (χ1v) is 6.66. The van der Waals surface area contributed by atoms with Crippen molar-refractivity contribution >= 4 is 34.6 Å². The van der Waals surface area contributed by atoms with Gasteiger partial charge in [0.1, 0.15) is 0 Å². The van der Waals surface area contributed by atoms with Gasteiger partial charge in [-0.1, -0.05) is 17.7 Å². The SMILES string of the molecule is O=C(O)c1cccc(NCCc2ccc(Cl)s2)c1. The third-order valence-corrected chi connectivity index (χ3v) is 3.73. The van der Waals surface area contributed by atoms with Crippen LogP contribution in [-0.4, -0.2) is 17.6 Å². The summed E-state index contributed by atoms with van der Waals surface area (Å²) in [6.45, 7) is 0.750. The topological polar surface area (TPSA) is 49.3 Å². The van der Waals surface area contributed by atoms with Crippen molar-refractivity contribution in [2.24, 2.45) is 0 Å². The Morgan fingerprint density at radius 1 is 1.33 bits per heavy atom.